The minimum atomic E-state index is 0.142. The van der Waals surface area contributed by atoms with E-state index < -0.39 is 0 Å². The molecule has 0 fully saturated rings. The van der Waals surface area contributed by atoms with Gasteiger partial charge in [-0.05, 0) is 30.7 Å². The molecule has 0 saturated carbocycles. The summed E-state index contributed by atoms with van der Waals surface area (Å²) in [6.07, 6.45) is 1.68. The number of nitrogens with zero attached hydrogens (tertiary/aromatic N) is 5. The minimum Gasteiger partial charge on any atom is -0.383 e. The average Bonchev–Trinajstić information content (AvgIpc) is 2.79. The third kappa shape index (κ3) is 2.45. The van der Waals surface area contributed by atoms with Crippen molar-refractivity contribution in [3.63, 3.8) is 0 Å². The van der Waals surface area contributed by atoms with Gasteiger partial charge in [-0.15, -0.1) is 0 Å². The van der Waals surface area contributed by atoms with Crippen molar-refractivity contribution in [1.82, 2.24) is 19.7 Å². The van der Waals surface area contributed by atoms with Crippen molar-refractivity contribution in [2.45, 2.75) is 6.92 Å². The molecule has 21 heavy (non-hydrogen) atoms. The summed E-state index contributed by atoms with van der Waals surface area (Å²) in [6.45, 7) is 1.93. The zero-order valence-electron chi connectivity index (χ0n) is 11.6. The van der Waals surface area contributed by atoms with Crippen LogP contribution in [0.15, 0.2) is 35.5 Å². The normalized spacial score (nSPS) is 12.0. The third-order valence-corrected chi connectivity index (χ3v) is 3.46. The second kappa shape index (κ2) is 5.14. The number of amidine groups is 1. The van der Waals surface area contributed by atoms with Crippen LogP contribution in [0.2, 0.25) is 5.28 Å². The van der Waals surface area contributed by atoms with Crippen molar-refractivity contribution in [2.75, 3.05) is 0 Å². The predicted octanol–water partition coefficient (Wildman–Crippen LogP) is 2.36. The van der Waals surface area contributed by atoms with E-state index in [1.807, 2.05) is 38.2 Å². The Bertz CT molecular complexity index is 852. The molecule has 2 aromatic heterocycles. The SMILES string of the molecule is Cc1c(C(N)=Nc2nc(Cl)nc3ccccc23)cnn1C. The Morgan fingerprint density at radius 3 is 2.76 bits per heavy atom. The van der Waals surface area contributed by atoms with Crippen molar-refractivity contribution in [3.05, 3.63) is 47.0 Å². The van der Waals surface area contributed by atoms with Crippen LogP contribution in [0.5, 0.6) is 0 Å². The lowest BCUT2D eigenvalue weighted by Crippen LogP contribution is -2.14. The lowest BCUT2D eigenvalue weighted by Gasteiger charge is -2.04. The van der Waals surface area contributed by atoms with Gasteiger partial charge in [-0.1, -0.05) is 12.1 Å². The van der Waals surface area contributed by atoms with Crippen LogP contribution in [0.4, 0.5) is 5.82 Å². The maximum atomic E-state index is 6.08. The fourth-order valence-corrected chi connectivity index (χ4v) is 2.21. The van der Waals surface area contributed by atoms with Crippen molar-refractivity contribution < 1.29 is 0 Å². The molecule has 2 heterocycles. The zero-order valence-corrected chi connectivity index (χ0v) is 12.3. The molecular formula is C14H13ClN6. The Kier molecular flexibility index (Phi) is 3.31. The summed E-state index contributed by atoms with van der Waals surface area (Å²) in [5.41, 5.74) is 8.51. The maximum absolute atomic E-state index is 6.08. The van der Waals surface area contributed by atoms with Crippen molar-refractivity contribution in [3.8, 4) is 0 Å². The van der Waals surface area contributed by atoms with Crippen molar-refractivity contribution in [1.29, 1.82) is 0 Å². The molecule has 6 nitrogen and oxygen atoms in total. The van der Waals surface area contributed by atoms with Gasteiger partial charge in [0.15, 0.2) is 5.82 Å². The number of benzene rings is 1. The van der Waals surface area contributed by atoms with Crippen LogP contribution in [0.3, 0.4) is 0 Å². The molecule has 0 unspecified atom stereocenters. The molecule has 106 valence electrons. The fraction of sp³-hybridized carbons (Fsp3) is 0.143. The highest BCUT2D eigenvalue weighted by atomic mass is 35.5. The Labute approximate surface area is 126 Å². The third-order valence-electron chi connectivity index (χ3n) is 3.29. The standard InChI is InChI=1S/C14H13ClN6/c1-8-10(7-17-21(8)2)12(16)19-13-9-5-3-4-6-11(9)18-14(15)20-13/h3-7H,1-2H3,(H2,16,18,19,20). The number of halogens is 1. The summed E-state index contributed by atoms with van der Waals surface area (Å²) in [5.74, 6) is 0.798. The number of rotatable bonds is 2. The monoisotopic (exact) mass is 300 g/mol. The summed E-state index contributed by atoms with van der Waals surface area (Å²) >= 11 is 5.94. The van der Waals surface area contributed by atoms with Crippen LogP contribution in [-0.2, 0) is 7.05 Å². The van der Waals surface area contributed by atoms with Gasteiger partial charge in [-0.25, -0.2) is 9.98 Å². The summed E-state index contributed by atoms with van der Waals surface area (Å²) in [6, 6.07) is 7.51. The largest absolute Gasteiger partial charge is 0.383 e. The molecule has 0 radical (unpaired) electrons. The number of hydrogen-bond donors (Lipinski definition) is 1. The molecule has 3 aromatic rings. The van der Waals surface area contributed by atoms with E-state index in [0.29, 0.717) is 11.7 Å². The number of nitrogens with two attached hydrogens (primary N) is 1. The highest BCUT2D eigenvalue weighted by Gasteiger charge is 2.10. The number of aliphatic imine (C=N–C) groups is 1. The first-order valence-electron chi connectivity index (χ1n) is 6.31. The second-order valence-electron chi connectivity index (χ2n) is 4.60. The van der Waals surface area contributed by atoms with Gasteiger partial charge in [0.2, 0.25) is 5.28 Å². The maximum Gasteiger partial charge on any atom is 0.224 e. The summed E-state index contributed by atoms with van der Waals surface area (Å²) < 4.78 is 1.74. The highest BCUT2D eigenvalue weighted by molar-refractivity contribution is 6.28. The molecule has 0 bridgehead atoms. The van der Waals surface area contributed by atoms with E-state index >= 15 is 0 Å². The Balaban J connectivity index is 2.17. The van der Waals surface area contributed by atoms with Gasteiger partial charge in [0, 0.05) is 18.1 Å². The van der Waals surface area contributed by atoms with Gasteiger partial charge in [0.25, 0.3) is 0 Å². The molecule has 0 amide bonds. The Hall–Kier alpha value is -2.47. The number of aromatic nitrogens is 4. The number of hydrogen-bond acceptors (Lipinski definition) is 4. The first-order valence-corrected chi connectivity index (χ1v) is 6.69. The predicted molar refractivity (Wildman–Crippen MR) is 82.9 cm³/mol. The lowest BCUT2D eigenvalue weighted by molar-refractivity contribution is 0.740. The minimum absolute atomic E-state index is 0.142. The van der Waals surface area contributed by atoms with Gasteiger partial charge in [-0.2, -0.15) is 10.1 Å². The van der Waals surface area contributed by atoms with Crippen LogP contribution >= 0.6 is 11.6 Å². The summed E-state index contributed by atoms with van der Waals surface area (Å²) in [5, 5.41) is 5.10. The fourth-order valence-electron chi connectivity index (χ4n) is 2.04. The molecule has 0 spiro atoms. The number of para-hydroxylation sites is 1. The molecule has 7 heteroatoms. The van der Waals surface area contributed by atoms with E-state index in [4.69, 9.17) is 17.3 Å². The van der Waals surface area contributed by atoms with Gasteiger partial charge in [-0.3, -0.25) is 4.68 Å². The molecule has 0 aliphatic rings. The summed E-state index contributed by atoms with van der Waals surface area (Å²) in [7, 11) is 1.85. The summed E-state index contributed by atoms with van der Waals surface area (Å²) in [4.78, 5) is 12.7. The molecule has 1 aromatic carbocycles. The van der Waals surface area contributed by atoms with Crippen LogP contribution in [0, 0.1) is 6.92 Å². The molecule has 0 aliphatic carbocycles. The van der Waals surface area contributed by atoms with Gasteiger partial charge < -0.3 is 5.73 Å². The Morgan fingerprint density at radius 2 is 2.05 bits per heavy atom. The van der Waals surface area contributed by atoms with Crippen LogP contribution < -0.4 is 5.73 Å². The number of fused-ring (bicyclic) bond motifs is 1. The van der Waals surface area contributed by atoms with Crippen LogP contribution in [0.25, 0.3) is 10.9 Å². The van der Waals surface area contributed by atoms with Crippen molar-refractivity contribution in [2.24, 2.45) is 17.8 Å². The average molecular weight is 301 g/mol. The Morgan fingerprint density at radius 1 is 1.29 bits per heavy atom. The van der Waals surface area contributed by atoms with Crippen molar-refractivity contribution >= 4 is 34.2 Å². The second-order valence-corrected chi connectivity index (χ2v) is 4.94. The van der Waals surface area contributed by atoms with E-state index in [0.717, 1.165) is 22.2 Å². The van der Waals surface area contributed by atoms with E-state index in [2.05, 4.69) is 20.1 Å². The molecule has 2 N–H and O–H groups in total. The van der Waals surface area contributed by atoms with Gasteiger partial charge in [0.1, 0.15) is 5.84 Å². The highest BCUT2D eigenvalue weighted by Crippen LogP contribution is 2.24. The van der Waals surface area contributed by atoms with E-state index in [1.54, 1.807) is 10.9 Å². The molecule has 3 rings (SSSR count). The quantitative estimate of drug-likeness (QED) is 0.447. The zero-order chi connectivity index (χ0) is 15.0. The van der Waals surface area contributed by atoms with Gasteiger partial charge >= 0.3 is 0 Å². The molecule has 0 atom stereocenters. The van der Waals surface area contributed by atoms with E-state index in [-0.39, 0.29) is 5.28 Å². The lowest BCUT2D eigenvalue weighted by atomic mass is 10.2. The number of aryl methyl sites for hydroxylation is 1. The molecule has 0 aliphatic heterocycles. The van der Waals surface area contributed by atoms with E-state index in [1.165, 1.54) is 0 Å². The van der Waals surface area contributed by atoms with Crippen LogP contribution in [0.1, 0.15) is 11.3 Å². The van der Waals surface area contributed by atoms with Crippen LogP contribution in [-0.4, -0.2) is 25.6 Å². The topological polar surface area (TPSA) is 82.0 Å². The smallest absolute Gasteiger partial charge is 0.224 e. The first-order chi connectivity index (χ1) is 10.1. The first kappa shape index (κ1) is 13.5. The molecular weight excluding hydrogens is 288 g/mol. The van der Waals surface area contributed by atoms with E-state index in [9.17, 15) is 0 Å². The molecule has 0 saturated heterocycles. The van der Waals surface area contributed by atoms with Gasteiger partial charge in [0.05, 0.1) is 17.3 Å².